The van der Waals surface area contributed by atoms with Crippen molar-refractivity contribution in [3.63, 3.8) is 0 Å². The molecule has 1 aliphatic rings. The zero-order valence-electron chi connectivity index (χ0n) is 11.3. The predicted octanol–water partition coefficient (Wildman–Crippen LogP) is 2.62. The molecule has 1 aliphatic carbocycles. The van der Waals surface area contributed by atoms with Crippen LogP contribution >= 0.6 is 0 Å². The van der Waals surface area contributed by atoms with E-state index < -0.39 is 5.54 Å². The molecule has 0 spiro atoms. The lowest BCUT2D eigenvalue weighted by Gasteiger charge is -2.30. The van der Waals surface area contributed by atoms with Crippen LogP contribution in [0.25, 0.3) is 0 Å². The van der Waals surface area contributed by atoms with Gasteiger partial charge >= 0.3 is 0 Å². The summed E-state index contributed by atoms with van der Waals surface area (Å²) in [6, 6.07) is 0. The standard InChI is InChI=1S/C14H27NO2/c1-3-14(2,11-16)15-13(17)12-9-7-5-4-6-8-10-12/h12,16H,3-11H2,1-2H3,(H,15,17). The number of nitrogens with one attached hydrogen (secondary N) is 1. The minimum Gasteiger partial charge on any atom is -0.394 e. The number of aliphatic hydroxyl groups is 1. The van der Waals surface area contributed by atoms with Crippen molar-refractivity contribution >= 4 is 5.91 Å². The normalized spacial score (nSPS) is 22.3. The molecule has 17 heavy (non-hydrogen) atoms. The number of carbonyl (C=O) groups is 1. The third-order valence-electron chi connectivity index (χ3n) is 4.03. The average Bonchev–Trinajstić information content (AvgIpc) is 2.28. The highest BCUT2D eigenvalue weighted by atomic mass is 16.3. The van der Waals surface area contributed by atoms with Gasteiger partial charge in [0.25, 0.3) is 0 Å². The number of carbonyl (C=O) groups excluding carboxylic acids is 1. The highest BCUT2D eigenvalue weighted by Gasteiger charge is 2.27. The van der Waals surface area contributed by atoms with E-state index in [4.69, 9.17) is 0 Å². The van der Waals surface area contributed by atoms with E-state index in [1.165, 1.54) is 32.1 Å². The lowest BCUT2D eigenvalue weighted by atomic mass is 9.89. The van der Waals surface area contributed by atoms with Crippen LogP contribution in [-0.4, -0.2) is 23.2 Å². The first-order valence-corrected chi connectivity index (χ1v) is 7.04. The SMILES string of the molecule is CCC(C)(CO)NC(=O)C1CCCCCCC1. The molecular weight excluding hydrogens is 214 g/mol. The topological polar surface area (TPSA) is 49.3 Å². The molecule has 0 radical (unpaired) electrons. The van der Waals surface area contributed by atoms with Gasteiger partial charge < -0.3 is 10.4 Å². The molecule has 1 atom stereocenters. The maximum atomic E-state index is 12.2. The Balaban J connectivity index is 2.49. The van der Waals surface area contributed by atoms with Crippen molar-refractivity contribution in [3.8, 4) is 0 Å². The van der Waals surface area contributed by atoms with Gasteiger partial charge in [0.05, 0.1) is 12.1 Å². The molecule has 0 aromatic rings. The molecule has 1 fully saturated rings. The first kappa shape index (κ1) is 14.5. The zero-order valence-corrected chi connectivity index (χ0v) is 11.3. The largest absolute Gasteiger partial charge is 0.394 e. The van der Waals surface area contributed by atoms with Gasteiger partial charge in [-0.2, -0.15) is 0 Å². The van der Waals surface area contributed by atoms with Gasteiger partial charge in [-0.15, -0.1) is 0 Å². The molecular formula is C14H27NO2. The molecule has 100 valence electrons. The number of amides is 1. The summed E-state index contributed by atoms with van der Waals surface area (Å²) in [5, 5.41) is 12.3. The Hall–Kier alpha value is -0.570. The van der Waals surface area contributed by atoms with E-state index in [0.29, 0.717) is 0 Å². The lowest BCUT2D eigenvalue weighted by molar-refractivity contribution is -0.128. The molecule has 0 aromatic heterocycles. The third-order valence-corrected chi connectivity index (χ3v) is 4.03. The number of hydrogen-bond donors (Lipinski definition) is 2. The van der Waals surface area contributed by atoms with E-state index in [1.54, 1.807) is 0 Å². The summed E-state index contributed by atoms with van der Waals surface area (Å²) in [6.07, 6.45) is 8.96. The summed E-state index contributed by atoms with van der Waals surface area (Å²) in [5.41, 5.74) is -0.445. The van der Waals surface area contributed by atoms with E-state index >= 15 is 0 Å². The maximum absolute atomic E-state index is 12.2. The van der Waals surface area contributed by atoms with Crippen LogP contribution in [0.5, 0.6) is 0 Å². The highest BCUT2D eigenvalue weighted by Crippen LogP contribution is 2.23. The molecule has 1 saturated carbocycles. The Morgan fingerprint density at radius 1 is 1.24 bits per heavy atom. The zero-order chi connectivity index (χ0) is 12.7. The van der Waals surface area contributed by atoms with Crippen LogP contribution in [0.15, 0.2) is 0 Å². The molecule has 1 unspecified atom stereocenters. The first-order valence-electron chi connectivity index (χ1n) is 7.04. The van der Waals surface area contributed by atoms with Crippen LogP contribution < -0.4 is 5.32 Å². The Bertz CT molecular complexity index is 228. The van der Waals surface area contributed by atoms with Crippen LogP contribution in [0.3, 0.4) is 0 Å². The van der Waals surface area contributed by atoms with Crippen LogP contribution in [0.2, 0.25) is 0 Å². The van der Waals surface area contributed by atoms with Crippen molar-refractivity contribution in [1.29, 1.82) is 0 Å². The van der Waals surface area contributed by atoms with E-state index in [0.717, 1.165) is 19.3 Å². The summed E-state index contributed by atoms with van der Waals surface area (Å²) in [7, 11) is 0. The molecule has 3 heteroatoms. The van der Waals surface area contributed by atoms with E-state index in [9.17, 15) is 9.90 Å². The van der Waals surface area contributed by atoms with Gasteiger partial charge in [-0.05, 0) is 26.2 Å². The van der Waals surface area contributed by atoms with Crippen molar-refractivity contribution in [2.75, 3.05) is 6.61 Å². The third kappa shape index (κ3) is 4.66. The van der Waals surface area contributed by atoms with Gasteiger partial charge in [-0.1, -0.05) is 39.0 Å². The molecule has 0 bridgehead atoms. The summed E-state index contributed by atoms with van der Waals surface area (Å²) in [4.78, 5) is 12.2. The minimum atomic E-state index is -0.445. The smallest absolute Gasteiger partial charge is 0.223 e. The summed E-state index contributed by atoms with van der Waals surface area (Å²) in [5.74, 6) is 0.304. The maximum Gasteiger partial charge on any atom is 0.223 e. The minimum absolute atomic E-state index is 0.0158. The number of hydrogen-bond acceptors (Lipinski definition) is 2. The van der Waals surface area contributed by atoms with Gasteiger partial charge in [0.2, 0.25) is 5.91 Å². The van der Waals surface area contributed by atoms with Crippen LogP contribution in [0.4, 0.5) is 0 Å². The molecule has 2 N–H and O–H groups in total. The fourth-order valence-corrected chi connectivity index (χ4v) is 2.36. The Labute approximate surface area is 105 Å². The second-order valence-corrected chi connectivity index (χ2v) is 5.60. The first-order chi connectivity index (χ1) is 8.11. The fraction of sp³-hybridized carbons (Fsp3) is 0.929. The number of aliphatic hydroxyl groups excluding tert-OH is 1. The Kier molecular flexibility index (Phi) is 5.96. The van der Waals surface area contributed by atoms with Crippen LogP contribution in [-0.2, 0) is 4.79 Å². The predicted molar refractivity (Wildman–Crippen MR) is 69.7 cm³/mol. The molecule has 0 aliphatic heterocycles. The summed E-state index contributed by atoms with van der Waals surface area (Å²) >= 11 is 0. The van der Waals surface area contributed by atoms with Gasteiger partial charge in [-0.25, -0.2) is 0 Å². The van der Waals surface area contributed by atoms with Crippen LogP contribution in [0, 0.1) is 5.92 Å². The molecule has 3 nitrogen and oxygen atoms in total. The van der Waals surface area contributed by atoms with Crippen molar-refractivity contribution in [2.45, 2.75) is 70.8 Å². The molecule has 1 rings (SSSR count). The highest BCUT2D eigenvalue weighted by molar-refractivity contribution is 5.79. The molecule has 0 aromatic carbocycles. The van der Waals surface area contributed by atoms with E-state index in [1.807, 2.05) is 13.8 Å². The van der Waals surface area contributed by atoms with Gasteiger partial charge in [-0.3, -0.25) is 4.79 Å². The van der Waals surface area contributed by atoms with Crippen molar-refractivity contribution in [2.24, 2.45) is 5.92 Å². The Morgan fingerprint density at radius 2 is 1.76 bits per heavy atom. The molecule has 1 amide bonds. The summed E-state index contributed by atoms with van der Waals surface area (Å²) in [6.45, 7) is 3.92. The van der Waals surface area contributed by atoms with Gasteiger partial charge in [0.1, 0.15) is 0 Å². The lowest BCUT2D eigenvalue weighted by Crippen LogP contribution is -2.50. The van der Waals surface area contributed by atoms with Crippen molar-refractivity contribution in [3.05, 3.63) is 0 Å². The average molecular weight is 241 g/mol. The van der Waals surface area contributed by atoms with E-state index in [2.05, 4.69) is 5.32 Å². The number of rotatable bonds is 4. The van der Waals surface area contributed by atoms with Crippen molar-refractivity contribution < 1.29 is 9.90 Å². The van der Waals surface area contributed by atoms with Crippen molar-refractivity contribution in [1.82, 2.24) is 5.32 Å². The monoisotopic (exact) mass is 241 g/mol. The second-order valence-electron chi connectivity index (χ2n) is 5.60. The van der Waals surface area contributed by atoms with Crippen LogP contribution in [0.1, 0.15) is 65.2 Å². The van der Waals surface area contributed by atoms with Gasteiger partial charge in [0.15, 0.2) is 0 Å². The second kappa shape index (κ2) is 7.00. The van der Waals surface area contributed by atoms with Gasteiger partial charge in [0, 0.05) is 5.92 Å². The molecule has 0 saturated heterocycles. The van der Waals surface area contributed by atoms with E-state index in [-0.39, 0.29) is 18.4 Å². The molecule has 0 heterocycles. The Morgan fingerprint density at radius 3 is 2.24 bits per heavy atom. The summed E-state index contributed by atoms with van der Waals surface area (Å²) < 4.78 is 0. The fourth-order valence-electron chi connectivity index (χ4n) is 2.36. The quantitative estimate of drug-likeness (QED) is 0.795.